The molecule has 6 aromatic rings. The lowest BCUT2D eigenvalue weighted by Gasteiger charge is -2.10. The summed E-state index contributed by atoms with van der Waals surface area (Å²) in [6, 6.07) is 32.0. The zero-order valence-corrected chi connectivity index (χ0v) is 19.0. The Morgan fingerprint density at radius 1 is 0.794 bits per heavy atom. The standard InChI is InChI=1S/C29H20N2O2S/c32-29-27-26(23-14-13-21-8-4-5-9-22(21)16-23)18-34-28(27)30-19-31(29)17-20-7-6-12-25(15-20)33-24-10-2-1-3-11-24/h1-16,18-19H,17H2. The molecule has 5 heteroatoms. The molecule has 0 saturated heterocycles. The van der Waals surface area contributed by atoms with Gasteiger partial charge in [-0.2, -0.15) is 0 Å². The van der Waals surface area contributed by atoms with Crippen LogP contribution in [0.4, 0.5) is 0 Å². The van der Waals surface area contributed by atoms with Gasteiger partial charge in [0, 0.05) is 10.9 Å². The van der Waals surface area contributed by atoms with Crippen molar-refractivity contribution < 1.29 is 4.74 Å². The molecular weight excluding hydrogens is 440 g/mol. The number of nitrogens with zero attached hydrogens (tertiary/aromatic N) is 2. The molecule has 0 spiro atoms. The molecule has 6 rings (SSSR count). The van der Waals surface area contributed by atoms with Gasteiger partial charge in [-0.15, -0.1) is 11.3 Å². The van der Waals surface area contributed by atoms with E-state index in [1.54, 1.807) is 10.9 Å². The van der Waals surface area contributed by atoms with Crippen LogP contribution in [0.5, 0.6) is 11.5 Å². The van der Waals surface area contributed by atoms with Crippen molar-refractivity contribution in [2.24, 2.45) is 0 Å². The lowest BCUT2D eigenvalue weighted by atomic mass is 10.0. The number of fused-ring (bicyclic) bond motifs is 2. The molecule has 0 bridgehead atoms. The minimum absolute atomic E-state index is 0.0382. The molecule has 0 radical (unpaired) electrons. The van der Waals surface area contributed by atoms with Gasteiger partial charge in [0.25, 0.3) is 5.56 Å². The molecule has 0 N–H and O–H groups in total. The number of rotatable bonds is 5. The predicted octanol–water partition coefficient (Wildman–Crippen LogP) is 7.12. The number of hydrogen-bond acceptors (Lipinski definition) is 4. The van der Waals surface area contributed by atoms with E-state index < -0.39 is 0 Å². The molecule has 2 heterocycles. The Kier molecular flexibility index (Phi) is 5.17. The van der Waals surface area contributed by atoms with Crippen molar-refractivity contribution >= 4 is 32.3 Å². The normalized spacial score (nSPS) is 11.2. The van der Waals surface area contributed by atoms with Gasteiger partial charge in [-0.25, -0.2) is 4.98 Å². The first-order valence-corrected chi connectivity index (χ1v) is 11.9. The van der Waals surface area contributed by atoms with Crippen LogP contribution in [0.2, 0.25) is 0 Å². The van der Waals surface area contributed by atoms with Crippen LogP contribution in [0.15, 0.2) is 114 Å². The summed E-state index contributed by atoms with van der Waals surface area (Å²) in [5.74, 6) is 1.51. The predicted molar refractivity (Wildman–Crippen MR) is 139 cm³/mol. The van der Waals surface area contributed by atoms with Gasteiger partial charge < -0.3 is 4.74 Å². The second kappa shape index (κ2) is 8.61. The zero-order valence-electron chi connectivity index (χ0n) is 18.2. The Morgan fingerprint density at radius 2 is 1.59 bits per heavy atom. The second-order valence-electron chi connectivity index (χ2n) is 8.13. The number of thiophene rings is 1. The molecule has 34 heavy (non-hydrogen) atoms. The molecule has 0 aliphatic rings. The average Bonchev–Trinajstić information content (AvgIpc) is 3.31. The minimum atomic E-state index is -0.0382. The molecule has 0 aliphatic heterocycles. The maximum atomic E-state index is 13.5. The van der Waals surface area contributed by atoms with E-state index >= 15 is 0 Å². The third-order valence-electron chi connectivity index (χ3n) is 5.85. The molecule has 0 amide bonds. The number of para-hydroxylation sites is 1. The van der Waals surface area contributed by atoms with Crippen LogP contribution < -0.4 is 10.3 Å². The molecule has 164 valence electrons. The van der Waals surface area contributed by atoms with Gasteiger partial charge >= 0.3 is 0 Å². The minimum Gasteiger partial charge on any atom is -0.457 e. The molecule has 0 aliphatic carbocycles. The van der Waals surface area contributed by atoms with Gasteiger partial charge in [0.2, 0.25) is 0 Å². The van der Waals surface area contributed by atoms with Crippen LogP contribution in [-0.4, -0.2) is 9.55 Å². The van der Waals surface area contributed by atoms with E-state index in [-0.39, 0.29) is 5.56 Å². The van der Waals surface area contributed by atoms with E-state index in [0.29, 0.717) is 11.9 Å². The molecule has 4 nitrogen and oxygen atoms in total. The van der Waals surface area contributed by atoms with Crippen molar-refractivity contribution in [3.8, 4) is 22.6 Å². The number of aromatic nitrogens is 2. The maximum absolute atomic E-state index is 13.5. The fourth-order valence-electron chi connectivity index (χ4n) is 4.18. The van der Waals surface area contributed by atoms with E-state index in [9.17, 15) is 4.79 Å². The molecule has 0 saturated carbocycles. The van der Waals surface area contributed by atoms with Crippen molar-refractivity contribution in [2.45, 2.75) is 6.54 Å². The Balaban J connectivity index is 1.36. The van der Waals surface area contributed by atoms with E-state index in [1.165, 1.54) is 16.7 Å². The Hall–Kier alpha value is -4.22. The summed E-state index contributed by atoms with van der Waals surface area (Å²) in [7, 11) is 0. The highest BCUT2D eigenvalue weighted by atomic mass is 32.1. The highest BCUT2D eigenvalue weighted by Crippen LogP contribution is 2.32. The van der Waals surface area contributed by atoms with Crippen molar-refractivity contribution in [3.05, 3.63) is 125 Å². The highest BCUT2D eigenvalue weighted by Gasteiger charge is 2.14. The highest BCUT2D eigenvalue weighted by molar-refractivity contribution is 7.17. The van der Waals surface area contributed by atoms with Crippen LogP contribution in [0.1, 0.15) is 5.56 Å². The average molecular weight is 461 g/mol. The van der Waals surface area contributed by atoms with Gasteiger partial charge in [-0.3, -0.25) is 9.36 Å². The largest absolute Gasteiger partial charge is 0.457 e. The van der Waals surface area contributed by atoms with E-state index in [2.05, 4.69) is 35.3 Å². The van der Waals surface area contributed by atoms with Crippen LogP contribution >= 0.6 is 11.3 Å². The van der Waals surface area contributed by atoms with Crippen LogP contribution in [0.3, 0.4) is 0 Å². The molecule has 0 unspecified atom stereocenters. The summed E-state index contributed by atoms with van der Waals surface area (Å²) in [6.45, 7) is 0.417. The molecular formula is C29H20N2O2S. The summed E-state index contributed by atoms with van der Waals surface area (Å²) in [4.78, 5) is 18.9. The van der Waals surface area contributed by atoms with Crippen molar-refractivity contribution in [2.75, 3.05) is 0 Å². The first kappa shape index (κ1) is 20.4. The van der Waals surface area contributed by atoms with Gasteiger partial charge in [0.05, 0.1) is 18.3 Å². The van der Waals surface area contributed by atoms with Crippen LogP contribution in [0, 0.1) is 0 Å². The fourth-order valence-corrected chi connectivity index (χ4v) is 5.08. The van der Waals surface area contributed by atoms with Crippen LogP contribution in [-0.2, 0) is 6.54 Å². The number of ether oxygens (including phenoxy) is 1. The third kappa shape index (κ3) is 3.87. The number of benzene rings is 4. The summed E-state index contributed by atoms with van der Waals surface area (Å²) >= 11 is 1.50. The zero-order chi connectivity index (χ0) is 22.9. The van der Waals surface area contributed by atoms with E-state index in [1.807, 2.05) is 72.1 Å². The van der Waals surface area contributed by atoms with Gasteiger partial charge in [-0.05, 0) is 52.2 Å². The third-order valence-corrected chi connectivity index (χ3v) is 6.74. The molecule has 4 aromatic carbocycles. The van der Waals surface area contributed by atoms with Crippen LogP contribution in [0.25, 0.3) is 32.1 Å². The maximum Gasteiger partial charge on any atom is 0.263 e. The van der Waals surface area contributed by atoms with Gasteiger partial charge in [0.1, 0.15) is 16.3 Å². The van der Waals surface area contributed by atoms with Crippen molar-refractivity contribution in [1.82, 2.24) is 9.55 Å². The Bertz CT molecular complexity index is 1690. The summed E-state index contributed by atoms with van der Waals surface area (Å²) < 4.78 is 7.62. The van der Waals surface area contributed by atoms with Gasteiger partial charge in [-0.1, -0.05) is 66.7 Å². The lowest BCUT2D eigenvalue weighted by molar-refractivity contribution is 0.481. The summed E-state index contributed by atoms with van der Waals surface area (Å²) in [5.41, 5.74) is 2.89. The smallest absolute Gasteiger partial charge is 0.263 e. The summed E-state index contributed by atoms with van der Waals surface area (Å²) in [5, 5.41) is 5.03. The lowest BCUT2D eigenvalue weighted by Crippen LogP contribution is -2.21. The fraction of sp³-hybridized carbons (Fsp3) is 0.0345. The molecule has 0 atom stereocenters. The van der Waals surface area contributed by atoms with E-state index in [4.69, 9.17) is 4.74 Å². The molecule has 2 aromatic heterocycles. The summed E-state index contributed by atoms with van der Waals surface area (Å²) in [6.07, 6.45) is 1.63. The quantitative estimate of drug-likeness (QED) is 0.275. The topological polar surface area (TPSA) is 44.1 Å². The first-order valence-electron chi connectivity index (χ1n) is 11.0. The van der Waals surface area contributed by atoms with Crippen molar-refractivity contribution in [1.29, 1.82) is 0 Å². The van der Waals surface area contributed by atoms with Gasteiger partial charge in [0.15, 0.2) is 0 Å². The van der Waals surface area contributed by atoms with E-state index in [0.717, 1.165) is 38.4 Å². The second-order valence-corrected chi connectivity index (χ2v) is 8.99. The Labute approximate surface area is 200 Å². The monoisotopic (exact) mass is 460 g/mol. The van der Waals surface area contributed by atoms with Crippen molar-refractivity contribution in [3.63, 3.8) is 0 Å². The Morgan fingerprint density at radius 3 is 2.47 bits per heavy atom. The number of hydrogen-bond donors (Lipinski definition) is 0. The SMILES string of the molecule is O=c1c2c(-c3ccc4ccccc4c3)csc2ncn1Cc1cccc(Oc2ccccc2)c1. The first-order chi connectivity index (χ1) is 16.7. The molecule has 0 fully saturated rings.